The molecule has 0 heterocycles. The fourth-order valence-electron chi connectivity index (χ4n) is 2.56. The van der Waals surface area contributed by atoms with Crippen LogP contribution in [0.5, 0.6) is 0 Å². The molecule has 0 atom stereocenters. The van der Waals surface area contributed by atoms with Gasteiger partial charge in [-0.1, -0.05) is 12.1 Å². The third-order valence-corrected chi connectivity index (χ3v) is 5.46. The van der Waals surface area contributed by atoms with Crippen molar-refractivity contribution in [2.45, 2.75) is 30.6 Å². The van der Waals surface area contributed by atoms with Gasteiger partial charge in [0.05, 0.1) is 5.75 Å². The van der Waals surface area contributed by atoms with Gasteiger partial charge < -0.3 is 10.6 Å². The quantitative estimate of drug-likeness (QED) is 0.773. The lowest BCUT2D eigenvalue weighted by molar-refractivity contribution is 0.0656. The van der Waals surface area contributed by atoms with Crippen LogP contribution < -0.4 is 10.5 Å². The number of benzene rings is 1. The van der Waals surface area contributed by atoms with E-state index in [2.05, 4.69) is 9.62 Å². The average Bonchev–Trinajstić information content (AvgIpc) is 2.25. The van der Waals surface area contributed by atoms with Crippen LogP contribution in [0.15, 0.2) is 24.3 Å². The largest absolute Gasteiger partial charge is 0.399 e. The van der Waals surface area contributed by atoms with Crippen LogP contribution in [-0.4, -0.2) is 39.5 Å². The van der Waals surface area contributed by atoms with Crippen LogP contribution in [0, 0.1) is 0 Å². The summed E-state index contributed by atoms with van der Waals surface area (Å²) in [5.74, 6) is -0.0262. The molecule has 1 aliphatic rings. The van der Waals surface area contributed by atoms with E-state index in [1.54, 1.807) is 24.3 Å². The van der Waals surface area contributed by atoms with Crippen molar-refractivity contribution in [3.05, 3.63) is 29.8 Å². The van der Waals surface area contributed by atoms with Crippen molar-refractivity contribution < 1.29 is 8.42 Å². The van der Waals surface area contributed by atoms with Gasteiger partial charge in [0.2, 0.25) is 10.0 Å². The molecule has 20 heavy (non-hydrogen) atoms. The third-order valence-electron chi connectivity index (χ3n) is 4.16. The highest BCUT2D eigenvalue weighted by molar-refractivity contribution is 7.88. The van der Waals surface area contributed by atoms with Crippen LogP contribution in [0.4, 0.5) is 5.69 Å². The number of rotatable bonds is 6. The molecule has 0 radical (unpaired) electrons. The second-order valence-electron chi connectivity index (χ2n) is 5.80. The van der Waals surface area contributed by atoms with Gasteiger partial charge in [-0.2, -0.15) is 0 Å². The molecule has 5 nitrogen and oxygen atoms in total. The molecule has 0 bridgehead atoms. The van der Waals surface area contributed by atoms with E-state index >= 15 is 0 Å². The van der Waals surface area contributed by atoms with Gasteiger partial charge in [0.25, 0.3) is 0 Å². The lowest BCUT2D eigenvalue weighted by atomic mass is 9.76. The number of nitrogen functional groups attached to an aromatic ring is 1. The normalized spacial score (nSPS) is 17.9. The first-order chi connectivity index (χ1) is 9.33. The zero-order chi connectivity index (χ0) is 14.8. The molecular formula is C14H23N3O2S. The molecular weight excluding hydrogens is 274 g/mol. The Kier molecular flexibility index (Phi) is 4.36. The van der Waals surface area contributed by atoms with Gasteiger partial charge in [0, 0.05) is 17.8 Å². The van der Waals surface area contributed by atoms with Crippen molar-refractivity contribution >= 4 is 15.7 Å². The molecule has 112 valence electrons. The van der Waals surface area contributed by atoms with Crippen LogP contribution in [-0.2, 0) is 15.8 Å². The highest BCUT2D eigenvalue weighted by Crippen LogP contribution is 2.35. The molecule has 1 aromatic rings. The second kappa shape index (κ2) is 5.71. The van der Waals surface area contributed by atoms with Gasteiger partial charge >= 0.3 is 0 Å². The summed E-state index contributed by atoms with van der Waals surface area (Å²) in [4.78, 5) is 2.12. The molecule has 6 heteroatoms. The van der Waals surface area contributed by atoms with E-state index in [1.807, 2.05) is 14.1 Å². The Hall–Kier alpha value is -1.11. The first-order valence-electron chi connectivity index (χ1n) is 6.82. The highest BCUT2D eigenvalue weighted by atomic mass is 32.2. The molecule has 0 amide bonds. The van der Waals surface area contributed by atoms with Crippen LogP contribution in [0.2, 0.25) is 0 Å². The van der Waals surface area contributed by atoms with Crippen molar-refractivity contribution in [3.63, 3.8) is 0 Å². The number of hydrogen-bond acceptors (Lipinski definition) is 4. The van der Waals surface area contributed by atoms with Crippen molar-refractivity contribution in [2.24, 2.45) is 0 Å². The summed E-state index contributed by atoms with van der Waals surface area (Å²) >= 11 is 0. The maximum Gasteiger partial charge on any atom is 0.215 e. The fraction of sp³-hybridized carbons (Fsp3) is 0.571. The molecule has 0 spiro atoms. The molecule has 2 rings (SSSR count). The van der Waals surface area contributed by atoms with Gasteiger partial charge in [0.1, 0.15) is 0 Å². The smallest absolute Gasteiger partial charge is 0.215 e. The van der Waals surface area contributed by atoms with Gasteiger partial charge in [-0.3, -0.25) is 0 Å². The highest BCUT2D eigenvalue weighted by Gasteiger charge is 2.39. The molecule has 3 N–H and O–H groups in total. The number of hydrogen-bond donors (Lipinski definition) is 2. The minimum atomic E-state index is -3.33. The van der Waals surface area contributed by atoms with Crippen molar-refractivity contribution in [1.29, 1.82) is 0 Å². The topological polar surface area (TPSA) is 75.4 Å². The summed E-state index contributed by atoms with van der Waals surface area (Å²) in [7, 11) is 0.684. The summed E-state index contributed by atoms with van der Waals surface area (Å²) in [5.41, 5.74) is 6.96. The number of anilines is 1. The molecule has 0 aromatic heterocycles. The Balaban J connectivity index is 1.98. The zero-order valence-electron chi connectivity index (χ0n) is 12.1. The van der Waals surface area contributed by atoms with E-state index < -0.39 is 10.0 Å². The standard InChI is InChI=1S/C14H23N3O2S/c1-17(2)14(7-4-8-14)11-16-20(18,19)10-12-5-3-6-13(15)9-12/h3,5-6,9,16H,4,7-8,10-11,15H2,1-2H3. The van der Waals surface area contributed by atoms with Crippen molar-refractivity contribution in [1.82, 2.24) is 9.62 Å². The first kappa shape index (κ1) is 15.3. The first-order valence-corrected chi connectivity index (χ1v) is 8.47. The van der Waals surface area contributed by atoms with Crippen LogP contribution in [0.1, 0.15) is 24.8 Å². The number of nitrogens with one attached hydrogen (secondary N) is 1. The SMILES string of the molecule is CN(C)C1(CNS(=O)(=O)Cc2cccc(N)c2)CCC1. The minimum absolute atomic E-state index is 0.0111. The Bertz CT molecular complexity index is 566. The molecule has 1 aromatic carbocycles. The summed E-state index contributed by atoms with van der Waals surface area (Å²) in [5, 5.41) is 0. The minimum Gasteiger partial charge on any atom is -0.399 e. The molecule has 1 fully saturated rings. The van der Waals surface area contributed by atoms with E-state index in [9.17, 15) is 8.42 Å². The van der Waals surface area contributed by atoms with E-state index in [0.29, 0.717) is 17.8 Å². The van der Waals surface area contributed by atoms with Crippen LogP contribution >= 0.6 is 0 Å². The number of nitrogens with zero attached hydrogens (tertiary/aromatic N) is 1. The monoisotopic (exact) mass is 297 g/mol. The van der Waals surface area contributed by atoms with Crippen molar-refractivity contribution in [2.75, 3.05) is 26.4 Å². The summed E-state index contributed by atoms with van der Waals surface area (Å²) in [6.07, 6.45) is 3.25. The summed E-state index contributed by atoms with van der Waals surface area (Å²) in [6.45, 7) is 0.477. The van der Waals surface area contributed by atoms with Crippen LogP contribution in [0.25, 0.3) is 0 Å². The Morgan fingerprint density at radius 1 is 1.35 bits per heavy atom. The average molecular weight is 297 g/mol. The molecule has 0 aliphatic heterocycles. The van der Waals surface area contributed by atoms with Gasteiger partial charge in [0.15, 0.2) is 0 Å². The van der Waals surface area contributed by atoms with Gasteiger partial charge in [-0.25, -0.2) is 13.1 Å². The maximum absolute atomic E-state index is 12.2. The zero-order valence-corrected chi connectivity index (χ0v) is 12.9. The fourth-order valence-corrected chi connectivity index (χ4v) is 3.77. The number of nitrogens with two attached hydrogens (primary N) is 1. The van der Waals surface area contributed by atoms with E-state index in [1.165, 1.54) is 0 Å². The molecule has 1 saturated carbocycles. The molecule has 0 unspecified atom stereocenters. The lowest BCUT2D eigenvalue weighted by Gasteiger charge is -2.47. The van der Waals surface area contributed by atoms with Crippen LogP contribution in [0.3, 0.4) is 0 Å². The van der Waals surface area contributed by atoms with E-state index in [0.717, 1.165) is 19.3 Å². The van der Waals surface area contributed by atoms with Gasteiger partial charge in [-0.05, 0) is 51.1 Å². The summed E-state index contributed by atoms with van der Waals surface area (Å²) in [6, 6.07) is 7.00. The van der Waals surface area contributed by atoms with E-state index in [4.69, 9.17) is 5.73 Å². The van der Waals surface area contributed by atoms with E-state index in [-0.39, 0.29) is 11.3 Å². The number of sulfonamides is 1. The summed E-state index contributed by atoms with van der Waals surface area (Å²) < 4.78 is 27.0. The van der Waals surface area contributed by atoms with Crippen molar-refractivity contribution in [3.8, 4) is 0 Å². The maximum atomic E-state index is 12.2. The third kappa shape index (κ3) is 3.50. The predicted molar refractivity (Wildman–Crippen MR) is 81.7 cm³/mol. The second-order valence-corrected chi connectivity index (χ2v) is 7.60. The Morgan fingerprint density at radius 3 is 2.55 bits per heavy atom. The number of likely N-dealkylation sites (N-methyl/N-ethyl adjacent to an activating group) is 1. The lowest BCUT2D eigenvalue weighted by Crippen LogP contribution is -2.57. The predicted octanol–water partition coefficient (Wildman–Crippen LogP) is 1.17. The molecule has 0 saturated heterocycles. The molecule has 1 aliphatic carbocycles. The Labute approximate surface area is 121 Å². The Morgan fingerprint density at radius 2 is 2.05 bits per heavy atom. The van der Waals surface area contributed by atoms with Gasteiger partial charge in [-0.15, -0.1) is 0 Å².